The van der Waals surface area contributed by atoms with Crippen molar-refractivity contribution in [2.45, 2.75) is 0 Å². The first-order chi connectivity index (χ1) is 1.00. The Morgan fingerprint density at radius 3 is 1.25 bits per heavy atom. The number of hydrogen-bond acceptors (Lipinski definition) is 0. The van der Waals surface area contributed by atoms with Crippen LogP contribution >= 0.6 is 0 Å². The number of rotatable bonds is 0. The molecule has 4 heavy (non-hydrogen) atoms. The van der Waals surface area contributed by atoms with Crippen LogP contribution in [0, 0.1) is 0 Å². The second-order valence-corrected chi connectivity index (χ2v) is 0. The third kappa shape index (κ3) is 8.82. The molecule has 0 nitrogen and oxygen atoms in total. The van der Waals surface area contributed by atoms with Crippen LogP contribution in [0.15, 0.2) is 0 Å². The van der Waals surface area contributed by atoms with Crippen LogP contribution in [0.25, 0.3) is 0 Å². The van der Waals surface area contributed by atoms with Crippen LogP contribution in [0.2, 0.25) is 0 Å². The fourth-order valence-corrected chi connectivity index (χ4v) is 0. The molecular formula is H2AgCuSeTe. The molecule has 36 valence electrons. The molecule has 0 aromatic carbocycles. The Balaban J connectivity index is -0.00000000500. The van der Waals surface area contributed by atoms with E-state index in [0.29, 0.717) is 0 Å². The fraction of sp³-hybridized carbons (Fsp3) is 0. The second-order valence-electron chi connectivity index (χ2n) is 0. The molecule has 0 aliphatic carbocycles. The van der Waals surface area contributed by atoms with E-state index < -0.39 is 0 Å². The van der Waals surface area contributed by atoms with Crippen molar-refractivity contribution in [3.05, 3.63) is 0 Å². The molecule has 0 saturated heterocycles. The van der Waals surface area contributed by atoms with E-state index >= 15 is 0 Å². The van der Waals surface area contributed by atoms with Gasteiger partial charge in [0.15, 0.2) is 0 Å². The summed E-state index contributed by atoms with van der Waals surface area (Å²) in [4.78, 5) is 0. The molecule has 0 N–H and O–H groups in total. The molecule has 0 aliphatic rings. The van der Waals surface area contributed by atoms with E-state index in [4.69, 9.17) is 0 Å². The molecule has 0 unspecified atom stereocenters. The third-order valence-corrected chi connectivity index (χ3v) is 0. The second kappa shape index (κ2) is 17.6. The third-order valence-electron chi connectivity index (χ3n) is 0. The van der Waals surface area contributed by atoms with E-state index in [1.165, 1.54) is 0 Å². The molecule has 0 amide bonds. The first-order valence-electron chi connectivity index (χ1n) is 0.200. The quantitative estimate of drug-likeness (QED) is 0.459. The van der Waals surface area contributed by atoms with Crippen molar-refractivity contribution in [3.8, 4) is 0 Å². The zero-order valence-electron chi connectivity index (χ0n) is 1.50. The zero-order valence-corrected chi connectivity index (χ0v) is 8.35. The SMILES string of the molecule is [Ag].[Cu].[SeH][TeH]. The predicted octanol–water partition coefficient (Wildman–Crippen LogP) is -1.30. The maximum atomic E-state index is 2.36. The van der Waals surface area contributed by atoms with Crippen LogP contribution in [0.4, 0.5) is 0 Å². The molecular weight excluding hydrogens is 378 g/mol. The first-order valence-corrected chi connectivity index (χ1v) is 6.97. The summed E-state index contributed by atoms with van der Waals surface area (Å²) in [5.41, 5.74) is 0. The van der Waals surface area contributed by atoms with Crippen molar-refractivity contribution in [2.24, 2.45) is 0 Å². The maximum absolute atomic E-state index is 2.36. The van der Waals surface area contributed by atoms with Gasteiger partial charge in [-0.05, 0) is 0 Å². The topological polar surface area (TPSA) is 0 Å². The molecule has 0 fully saturated rings. The van der Waals surface area contributed by atoms with Gasteiger partial charge in [-0.25, -0.2) is 0 Å². The molecule has 0 aliphatic heterocycles. The summed E-state index contributed by atoms with van der Waals surface area (Å²) in [5, 5.41) is 0. The van der Waals surface area contributed by atoms with E-state index in [2.05, 4.69) is 12.8 Å². The Kier molecular flexibility index (Phi) is 70.4. The molecule has 0 atom stereocenters. The molecule has 4 heteroatoms. The van der Waals surface area contributed by atoms with Crippen molar-refractivity contribution in [3.63, 3.8) is 0 Å². The average Bonchev–Trinajstić information content (AvgIpc) is 1.00. The van der Waals surface area contributed by atoms with Gasteiger partial charge in [-0.1, -0.05) is 0 Å². The van der Waals surface area contributed by atoms with Gasteiger partial charge >= 0.3 is 32.9 Å². The summed E-state index contributed by atoms with van der Waals surface area (Å²) in [6.45, 7) is 0. The van der Waals surface area contributed by atoms with Crippen LogP contribution in [0.3, 0.4) is 0 Å². The minimum atomic E-state index is 0. The van der Waals surface area contributed by atoms with Crippen molar-refractivity contribution in [1.29, 1.82) is 0 Å². The van der Waals surface area contributed by atoms with Gasteiger partial charge in [-0.2, -0.15) is 0 Å². The van der Waals surface area contributed by atoms with Gasteiger partial charge in [-0.3, -0.25) is 0 Å². The summed E-state index contributed by atoms with van der Waals surface area (Å²) < 4.78 is 0. The monoisotopic (exact) mass is 382 g/mol. The van der Waals surface area contributed by atoms with Crippen molar-refractivity contribution >= 4 is 32.9 Å². The minimum absolute atomic E-state index is 0. The molecule has 0 saturated carbocycles. The van der Waals surface area contributed by atoms with Gasteiger partial charge in [-0.15, -0.1) is 0 Å². The van der Waals surface area contributed by atoms with Crippen LogP contribution in [-0.2, 0) is 39.4 Å². The van der Waals surface area contributed by atoms with E-state index in [1.807, 2.05) is 0 Å². The number of hydrogen-bond donors (Lipinski definition) is 0. The van der Waals surface area contributed by atoms with E-state index in [9.17, 15) is 0 Å². The van der Waals surface area contributed by atoms with Gasteiger partial charge in [0, 0.05) is 39.4 Å². The Hall–Kier alpha value is 2.57. The summed E-state index contributed by atoms with van der Waals surface area (Å²) in [6, 6.07) is 0. The standard InChI is InChI=1S/Ag.Cu.H2SeTe/c;;1-2/h;;1-2H. The van der Waals surface area contributed by atoms with Crippen LogP contribution in [0.5, 0.6) is 0 Å². The Morgan fingerprint density at radius 1 is 1.25 bits per heavy atom. The summed E-state index contributed by atoms with van der Waals surface area (Å²) in [6.07, 6.45) is 0. The van der Waals surface area contributed by atoms with Gasteiger partial charge in [0.2, 0.25) is 0 Å². The van der Waals surface area contributed by atoms with Gasteiger partial charge < -0.3 is 0 Å². The predicted molar refractivity (Wildman–Crippen MR) is 14.3 cm³/mol. The van der Waals surface area contributed by atoms with Gasteiger partial charge in [0.05, 0.1) is 0 Å². The van der Waals surface area contributed by atoms with Gasteiger partial charge in [0.25, 0.3) is 0 Å². The summed E-state index contributed by atoms with van der Waals surface area (Å²) in [7, 11) is 0. The van der Waals surface area contributed by atoms with Crippen molar-refractivity contribution in [2.75, 3.05) is 0 Å². The Morgan fingerprint density at radius 2 is 1.25 bits per heavy atom. The summed E-state index contributed by atoms with van der Waals surface area (Å²) in [5.74, 6) is 0. The molecule has 0 aromatic rings. The molecule has 2 radical (unpaired) electrons. The summed E-state index contributed by atoms with van der Waals surface area (Å²) >= 11 is 4.05. The molecule has 0 rings (SSSR count). The van der Waals surface area contributed by atoms with Gasteiger partial charge in [0.1, 0.15) is 0 Å². The molecule has 0 aromatic heterocycles. The van der Waals surface area contributed by atoms with Crippen LogP contribution < -0.4 is 0 Å². The Bertz CT molecular complexity index is 8.00. The van der Waals surface area contributed by atoms with E-state index in [1.54, 1.807) is 20.1 Å². The zero-order chi connectivity index (χ0) is 2.00. The average molecular weight is 380 g/mol. The first kappa shape index (κ1) is 16.0. The Labute approximate surface area is 71.2 Å². The van der Waals surface area contributed by atoms with E-state index in [-0.39, 0.29) is 39.4 Å². The normalized spacial score (nSPS) is 1.50. The fourth-order valence-electron chi connectivity index (χ4n) is 0. The van der Waals surface area contributed by atoms with Crippen LogP contribution in [-0.4, -0.2) is 32.9 Å². The van der Waals surface area contributed by atoms with E-state index in [0.717, 1.165) is 0 Å². The van der Waals surface area contributed by atoms with Crippen molar-refractivity contribution < 1.29 is 39.4 Å². The molecule has 0 spiro atoms. The molecule has 0 heterocycles. The van der Waals surface area contributed by atoms with Crippen molar-refractivity contribution in [1.82, 2.24) is 0 Å². The molecule has 0 bridgehead atoms. The van der Waals surface area contributed by atoms with Crippen LogP contribution in [0.1, 0.15) is 0 Å².